The minimum atomic E-state index is -0.548. The van der Waals surface area contributed by atoms with E-state index in [4.69, 9.17) is 9.90 Å². The van der Waals surface area contributed by atoms with Gasteiger partial charge >= 0.3 is 0 Å². The number of aromatic nitrogens is 2. The van der Waals surface area contributed by atoms with Crippen molar-refractivity contribution in [1.29, 1.82) is 5.26 Å². The zero-order chi connectivity index (χ0) is 59.9. The average molecular weight is 1000 g/mol. The van der Waals surface area contributed by atoms with Crippen molar-refractivity contribution >= 4 is 134 Å². The predicted octanol–water partition coefficient (Wildman–Crippen LogP) is 19.9. The topological polar surface area (TPSA) is 51.1 Å². The monoisotopic (exact) mass is 1000 g/mol. The summed E-state index contributed by atoms with van der Waals surface area (Å²) in [7, 11) is 0. The largest absolute Gasteiger partial charge is 0.455 e. The van der Waals surface area contributed by atoms with Crippen molar-refractivity contribution in [3.8, 4) is 50.8 Å². The van der Waals surface area contributed by atoms with Crippen molar-refractivity contribution in [1.82, 2.24) is 9.13 Å². The number of fused-ring (bicyclic) bond motifs is 17. The van der Waals surface area contributed by atoms with Gasteiger partial charge < -0.3 is 13.6 Å². The molecule has 0 saturated carbocycles. The summed E-state index contributed by atoms with van der Waals surface area (Å²) >= 11 is 1.94. The zero-order valence-corrected chi connectivity index (χ0v) is 40.5. The number of hydrogen-bond acceptors (Lipinski definition) is 4. The molecule has 0 N–H and O–H groups in total. The molecule has 5 heterocycles. The van der Waals surface area contributed by atoms with Gasteiger partial charge in [-0.25, -0.2) is 4.85 Å². The van der Waals surface area contributed by atoms with Crippen LogP contribution in [0.3, 0.4) is 0 Å². The molecule has 0 saturated heterocycles. The summed E-state index contributed by atoms with van der Waals surface area (Å²) in [6.07, 6.45) is 0. The fraction of sp³-hybridized carbons (Fsp3) is 0. The van der Waals surface area contributed by atoms with Crippen molar-refractivity contribution in [3.63, 3.8) is 0 Å². The molecule has 16 rings (SSSR count). The molecule has 0 fully saturated rings. The maximum absolute atomic E-state index is 12.3. The van der Waals surface area contributed by atoms with Crippen LogP contribution in [-0.4, -0.2) is 9.13 Å². The van der Waals surface area contributed by atoms with E-state index in [-0.39, 0.29) is 96.7 Å². The second kappa shape index (κ2) is 15.9. The molecule has 0 radical (unpaired) electrons. The fourth-order valence-corrected chi connectivity index (χ4v) is 13.6. The Balaban J connectivity index is 1.18. The van der Waals surface area contributed by atoms with Crippen LogP contribution in [0.1, 0.15) is 22.0 Å². The normalized spacial score (nSPS) is 14.2. The summed E-state index contributed by atoms with van der Waals surface area (Å²) in [5.74, 6) is 0. The molecule has 346 valence electrons. The molecule has 0 atom stereocenters. The van der Waals surface area contributed by atoms with Crippen molar-refractivity contribution < 1.29 is 20.9 Å². The van der Waals surface area contributed by atoms with Gasteiger partial charge in [0.25, 0.3) is 0 Å². The molecule has 0 spiro atoms. The molecular weight excluding hydrogens is 953 g/mol. The third-order valence-corrected chi connectivity index (χ3v) is 16.7. The van der Waals surface area contributed by atoms with Crippen LogP contribution in [0, 0.1) is 17.9 Å². The summed E-state index contributed by atoms with van der Waals surface area (Å²) in [6.45, 7) is 9.46. The van der Waals surface area contributed by atoms with Crippen molar-refractivity contribution in [3.05, 3.63) is 235 Å². The van der Waals surface area contributed by atoms with Crippen LogP contribution in [0.15, 0.2) is 223 Å². The average Bonchev–Trinajstić information content (AvgIpc) is 1.56. The molecular formula is C68H36N4OS2. The molecule has 16 aromatic rings. The Bertz CT molecular complexity index is 5790. The van der Waals surface area contributed by atoms with E-state index in [1.165, 1.54) is 0 Å². The van der Waals surface area contributed by atoms with E-state index in [0.717, 1.165) is 66.5 Å². The van der Waals surface area contributed by atoms with E-state index in [1.807, 2.05) is 132 Å². The Morgan fingerprint density at radius 3 is 1.72 bits per heavy atom. The second-order valence-corrected chi connectivity index (χ2v) is 20.3. The highest BCUT2D eigenvalue weighted by Crippen LogP contribution is 2.55. The van der Waals surface area contributed by atoms with E-state index in [0.29, 0.717) is 33.4 Å². The van der Waals surface area contributed by atoms with Crippen LogP contribution in [0.5, 0.6) is 0 Å². The van der Waals surface area contributed by atoms with Gasteiger partial charge in [0.15, 0.2) is 0 Å². The lowest BCUT2D eigenvalue weighted by molar-refractivity contribution is 0.670. The zero-order valence-electron chi connectivity index (χ0n) is 50.9. The molecule has 5 nitrogen and oxygen atoms in total. The van der Waals surface area contributed by atoms with Gasteiger partial charge in [0.2, 0.25) is 5.69 Å². The predicted molar refractivity (Wildman–Crippen MR) is 315 cm³/mol. The summed E-state index contributed by atoms with van der Waals surface area (Å²) in [5, 5.41) is 16.0. The van der Waals surface area contributed by atoms with Gasteiger partial charge in [-0.15, -0.1) is 22.7 Å². The molecule has 11 aromatic carbocycles. The van der Waals surface area contributed by atoms with Crippen molar-refractivity contribution in [2.24, 2.45) is 0 Å². The number of hydrogen-bond donors (Lipinski definition) is 0. The van der Waals surface area contributed by atoms with Crippen LogP contribution >= 0.6 is 22.7 Å². The summed E-state index contributed by atoms with van der Waals surface area (Å²) in [5.41, 5.74) is 6.90. The Hall–Kier alpha value is -9.76. The van der Waals surface area contributed by atoms with Crippen LogP contribution in [0.25, 0.3) is 155 Å². The summed E-state index contributed by atoms with van der Waals surface area (Å²) < 4.78 is 124. The highest BCUT2D eigenvalue weighted by atomic mass is 32.1. The smallest absolute Gasteiger partial charge is 0.220 e. The Labute approximate surface area is 453 Å². The molecule has 0 amide bonds. The van der Waals surface area contributed by atoms with E-state index in [2.05, 4.69) is 17.0 Å². The first-order valence-electron chi connectivity index (χ1n) is 29.9. The van der Waals surface area contributed by atoms with Gasteiger partial charge in [0, 0.05) is 80.0 Å². The number of nitrogens with zero attached hydrogens (tertiary/aromatic N) is 4. The lowest BCUT2D eigenvalue weighted by Crippen LogP contribution is -2.09. The maximum Gasteiger partial charge on any atom is 0.220 e. The molecule has 7 heteroatoms. The van der Waals surface area contributed by atoms with Gasteiger partial charge in [-0.05, 0) is 53.0 Å². The van der Waals surface area contributed by atoms with Crippen LogP contribution < -0.4 is 0 Å². The number of benzene rings is 11. The standard InChI is InChI=1S/C68H36N4OS2/c1-70-61-59(39-17-4-2-5-18-39)53(38-69)62(72-63-47(32-34-50-45-23-10-14-29-57(45)74-67(50)63)48-33-35-51-46-24-11-15-30-58(46)75-68(51)64(48)72)60(40-19-6-3-7-20-40)65(61)71-54-27-12-8-21-43(54)52-37-41(31-36-55(52)71)42-25-16-26-49-44-22-9-13-28-56(44)73-66(42)49/h2-37H/i10D,11D,14D,15D,23D,24D,29D,30D,32D,33D,34D,35D. The minimum absolute atomic E-state index is 0.000143. The Morgan fingerprint density at radius 2 is 1.05 bits per heavy atom. The third-order valence-electron chi connectivity index (χ3n) is 14.5. The van der Waals surface area contributed by atoms with Crippen LogP contribution in [0.2, 0.25) is 0 Å². The Morgan fingerprint density at radius 1 is 0.480 bits per heavy atom. The maximum atomic E-state index is 12.3. The summed E-state index contributed by atoms with van der Waals surface area (Å²) in [4.78, 5) is 4.46. The van der Waals surface area contributed by atoms with E-state index in [1.54, 1.807) is 16.7 Å². The second-order valence-electron chi connectivity index (χ2n) is 18.3. The summed E-state index contributed by atoms with van der Waals surface area (Å²) in [6, 6.07) is 43.4. The third kappa shape index (κ3) is 5.79. The number of thiophene rings is 2. The van der Waals surface area contributed by atoms with Gasteiger partial charge in [-0.1, -0.05) is 182 Å². The van der Waals surface area contributed by atoms with Gasteiger partial charge in [-0.3, -0.25) is 0 Å². The number of nitriles is 1. The lowest BCUT2D eigenvalue weighted by Gasteiger charge is -2.26. The van der Waals surface area contributed by atoms with Crippen LogP contribution in [-0.2, 0) is 0 Å². The number of para-hydroxylation sites is 3. The van der Waals surface area contributed by atoms with E-state index < -0.39 is 60.4 Å². The van der Waals surface area contributed by atoms with E-state index in [9.17, 15) is 22.8 Å². The SMILES string of the molecule is [2H]c1c([2H])c([2H])c2c(sc3c2c([2H])c([2H])c2c4c([2H])c([2H])c5c(sc6c([2H])c([2H])c([2H])c([2H])c65)c4n(-c4c(C#N)c(-c5ccccc5)c([N+]#[C-])c(-n5c6ccccc6c6cc(-c7cccc8c7oc7ccccc78)ccc65)c4-c4ccccc4)c32)c1[2H]. The fourth-order valence-electron chi connectivity index (χ4n) is 11.4. The van der Waals surface area contributed by atoms with E-state index >= 15 is 0 Å². The van der Waals surface area contributed by atoms with Crippen molar-refractivity contribution in [2.75, 3.05) is 0 Å². The number of rotatable bonds is 5. The molecule has 0 aliphatic carbocycles. The number of furan rings is 1. The first-order chi connectivity index (χ1) is 42.2. The molecule has 5 aromatic heterocycles. The highest BCUT2D eigenvalue weighted by Gasteiger charge is 2.33. The Kier molecular flexibility index (Phi) is 6.70. The molecule has 0 aliphatic rings. The quantitative estimate of drug-likeness (QED) is 0.161. The lowest BCUT2D eigenvalue weighted by atomic mass is 9.88. The van der Waals surface area contributed by atoms with Crippen molar-refractivity contribution in [2.45, 2.75) is 0 Å². The minimum Gasteiger partial charge on any atom is -0.455 e. The highest BCUT2D eigenvalue weighted by molar-refractivity contribution is 7.27. The van der Waals surface area contributed by atoms with Gasteiger partial charge in [-0.2, -0.15) is 5.26 Å². The first-order valence-corrected chi connectivity index (χ1v) is 25.6. The van der Waals surface area contributed by atoms with Gasteiger partial charge in [0.1, 0.15) is 17.2 Å². The molecule has 75 heavy (non-hydrogen) atoms. The molecule has 0 unspecified atom stereocenters. The first kappa shape index (κ1) is 31.6. The van der Waals surface area contributed by atoms with Gasteiger partial charge in [0.05, 0.1) is 71.4 Å². The van der Waals surface area contributed by atoms with Crippen LogP contribution in [0.4, 0.5) is 5.69 Å². The molecule has 0 bridgehead atoms. The molecule has 0 aliphatic heterocycles.